The second-order valence-corrected chi connectivity index (χ2v) is 11.0. The predicted molar refractivity (Wildman–Crippen MR) is 104 cm³/mol. The van der Waals surface area contributed by atoms with Crippen molar-refractivity contribution in [2.45, 2.75) is 69.1 Å². The third-order valence-corrected chi connectivity index (χ3v) is 7.12. The van der Waals surface area contributed by atoms with E-state index in [-0.39, 0.29) is 29.0 Å². The molecule has 1 aromatic rings. The molecule has 1 saturated carbocycles. The zero-order chi connectivity index (χ0) is 20.0. The summed E-state index contributed by atoms with van der Waals surface area (Å²) in [5.74, 6) is 0.0122. The summed E-state index contributed by atoms with van der Waals surface area (Å²) in [6.45, 7) is 7.75. The number of nitrogens with one attached hydrogen (secondary N) is 1. The van der Waals surface area contributed by atoms with Crippen LogP contribution in [0.3, 0.4) is 0 Å². The maximum Gasteiger partial charge on any atom is 0.230 e. The van der Waals surface area contributed by atoms with Gasteiger partial charge in [0.15, 0.2) is 9.84 Å². The summed E-state index contributed by atoms with van der Waals surface area (Å²) in [5, 5.41) is 1.99. The first-order valence-corrected chi connectivity index (χ1v) is 11.0. The van der Waals surface area contributed by atoms with Gasteiger partial charge in [-0.1, -0.05) is 0 Å². The van der Waals surface area contributed by atoms with Gasteiger partial charge >= 0.3 is 0 Å². The van der Waals surface area contributed by atoms with Gasteiger partial charge in [0.05, 0.1) is 10.1 Å². The van der Waals surface area contributed by atoms with Crippen molar-refractivity contribution < 1.29 is 18.0 Å². The van der Waals surface area contributed by atoms with Gasteiger partial charge in [0.2, 0.25) is 11.8 Å². The summed E-state index contributed by atoms with van der Waals surface area (Å²) in [5.41, 5.74) is 1.31. The third-order valence-electron chi connectivity index (χ3n) is 4.98. The van der Waals surface area contributed by atoms with E-state index in [1.807, 2.05) is 20.8 Å². The number of benzene rings is 1. The van der Waals surface area contributed by atoms with Crippen LogP contribution < -0.4 is 10.2 Å². The van der Waals surface area contributed by atoms with Crippen molar-refractivity contribution in [3.8, 4) is 0 Å². The van der Waals surface area contributed by atoms with Gasteiger partial charge in [-0.3, -0.25) is 9.59 Å². The highest BCUT2D eigenvalue weighted by atomic mass is 32.2. The molecule has 1 heterocycles. The van der Waals surface area contributed by atoms with Crippen LogP contribution in [0.15, 0.2) is 23.1 Å². The molecule has 148 valence electrons. The predicted octanol–water partition coefficient (Wildman–Crippen LogP) is 2.45. The molecule has 7 heteroatoms. The molecule has 0 spiro atoms. The minimum absolute atomic E-state index is 0.0804. The number of rotatable bonds is 5. The minimum atomic E-state index is -3.62. The van der Waals surface area contributed by atoms with Crippen molar-refractivity contribution >= 4 is 27.3 Å². The zero-order valence-electron chi connectivity index (χ0n) is 16.4. The highest BCUT2D eigenvalue weighted by Crippen LogP contribution is 2.37. The van der Waals surface area contributed by atoms with Crippen LogP contribution in [-0.4, -0.2) is 37.6 Å². The zero-order valence-corrected chi connectivity index (χ0v) is 17.2. The van der Waals surface area contributed by atoms with Gasteiger partial charge in [-0.25, -0.2) is 8.42 Å². The molecule has 1 atom stereocenters. The minimum Gasteiger partial charge on any atom is -0.351 e. The van der Waals surface area contributed by atoms with Crippen molar-refractivity contribution in [2.24, 2.45) is 5.92 Å². The third kappa shape index (κ3) is 4.34. The molecule has 6 nitrogen and oxygen atoms in total. The van der Waals surface area contributed by atoms with E-state index in [2.05, 4.69) is 5.32 Å². The maximum absolute atomic E-state index is 12.9. The summed E-state index contributed by atoms with van der Waals surface area (Å²) in [6.07, 6.45) is 2.48. The van der Waals surface area contributed by atoms with E-state index in [0.717, 1.165) is 24.1 Å². The number of hydrogen-bond acceptors (Lipinski definition) is 4. The van der Waals surface area contributed by atoms with Gasteiger partial charge in [0.25, 0.3) is 0 Å². The summed E-state index contributed by atoms with van der Waals surface area (Å²) in [6, 6.07) is 4.96. The van der Waals surface area contributed by atoms with Gasteiger partial charge in [-0.2, -0.15) is 0 Å². The summed E-state index contributed by atoms with van der Waals surface area (Å²) in [4.78, 5) is 26.5. The van der Waals surface area contributed by atoms with Crippen LogP contribution in [0.2, 0.25) is 0 Å². The Hall–Kier alpha value is -1.89. The molecule has 0 bridgehead atoms. The van der Waals surface area contributed by atoms with E-state index in [9.17, 15) is 18.0 Å². The van der Waals surface area contributed by atoms with Crippen molar-refractivity contribution in [1.82, 2.24) is 5.32 Å². The van der Waals surface area contributed by atoms with Gasteiger partial charge < -0.3 is 10.2 Å². The number of carbonyl (C=O) groups is 2. The van der Waals surface area contributed by atoms with Crippen LogP contribution in [0.5, 0.6) is 0 Å². The molecule has 0 aromatic heterocycles. The van der Waals surface area contributed by atoms with E-state index < -0.39 is 20.6 Å². The van der Waals surface area contributed by atoms with Crippen LogP contribution in [0.1, 0.15) is 52.5 Å². The quantitative estimate of drug-likeness (QED) is 0.834. The lowest BCUT2D eigenvalue weighted by molar-refractivity contribution is -0.122. The summed E-state index contributed by atoms with van der Waals surface area (Å²) in [7, 11) is -3.62. The Morgan fingerprint density at radius 2 is 1.93 bits per heavy atom. The normalized spacial score (nSPS) is 18.1. The van der Waals surface area contributed by atoms with Crippen LogP contribution in [0, 0.1) is 5.92 Å². The molecular weight excluding hydrogens is 364 g/mol. The second-order valence-electron chi connectivity index (χ2n) is 8.66. The number of sulfone groups is 1. The first kappa shape index (κ1) is 19.9. The highest BCUT2D eigenvalue weighted by Gasteiger charge is 2.37. The molecule has 1 N–H and O–H groups in total. The van der Waals surface area contributed by atoms with Crippen LogP contribution in [-0.2, 0) is 25.8 Å². The van der Waals surface area contributed by atoms with Gasteiger partial charge in [-0.15, -0.1) is 0 Å². The van der Waals surface area contributed by atoms with E-state index >= 15 is 0 Å². The standard InChI is InChI=1S/C20H28N2O4S/c1-13(11-18(23)21-20(2,3)4)27(25,26)16-7-8-17-15(12-16)9-10-22(17)19(24)14-5-6-14/h7-8,12-14H,5-6,9-11H2,1-4H3,(H,21,23). The lowest BCUT2D eigenvalue weighted by Crippen LogP contribution is -2.42. The van der Waals surface area contributed by atoms with E-state index in [1.165, 1.54) is 0 Å². The van der Waals surface area contributed by atoms with E-state index in [0.29, 0.717) is 13.0 Å². The number of amides is 2. The fourth-order valence-electron chi connectivity index (χ4n) is 3.41. The molecule has 0 radical (unpaired) electrons. The fourth-order valence-corrected chi connectivity index (χ4v) is 4.81. The van der Waals surface area contributed by atoms with Crippen molar-refractivity contribution in [3.63, 3.8) is 0 Å². The van der Waals surface area contributed by atoms with Crippen molar-refractivity contribution in [2.75, 3.05) is 11.4 Å². The number of hydrogen-bond donors (Lipinski definition) is 1. The Balaban J connectivity index is 1.76. The van der Waals surface area contributed by atoms with Gasteiger partial charge in [0.1, 0.15) is 0 Å². The molecule has 2 aliphatic rings. The SMILES string of the molecule is CC(CC(=O)NC(C)(C)C)S(=O)(=O)c1ccc2c(c1)CCN2C(=O)C1CC1. The Kier molecular flexibility index (Phi) is 5.10. The van der Waals surface area contributed by atoms with Gasteiger partial charge in [-0.05, 0) is 70.7 Å². The Morgan fingerprint density at radius 1 is 1.26 bits per heavy atom. The average molecular weight is 393 g/mol. The van der Waals surface area contributed by atoms with Crippen LogP contribution in [0.4, 0.5) is 5.69 Å². The highest BCUT2D eigenvalue weighted by molar-refractivity contribution is 7.92. The molecule has 1 aliphatic carbocycles. The Bertz CT molecular complexity index is 866. The lowest BCUT2D eigenvalue weighted by atomic mass is 10.1. The second kappa shape index (κ2) is 6.93. The molecule has 0 saturated heterocycles. The monoisotopic (exact) mass is 392 g/mol. The average Bonchev–Trinajstić information content (AvgIpc) is 3.31. The van der Waals surface area contributed by atoms with Crippen molar-refractivity contribution in [3.05, 3.63) is 23.8 Å². The number of carbonyl (C=O) groups excluding carboxylic acids is 2. The number of fused-ring (bicyclic) bond motifs is 1. The molecule has 1 fully saturated rings. The van der Waals surface area contributed by atoms with Crippen LogP contribution >= 0.6 is 0 Å². The largest absolute Gasteiger partial charge is 0.351 e. The molecule has 1 unspecified atom stereocenters. The lowest BCUT2D eigenvalue weighted by Gasteiger charge is -2.22. The first-order chi connectivity index (χ1) is 12.5. The topological polar surface area (TPSA) is 83.6 Å². The smallest absolute Gasteiger partial charge is 0.230 e. The summed E-state index contributed by atoms with van der Waals surface area (Å²) >= 11 is 0. The molecule has 1 aliphatic heterocycles. The van der Waals surface area contributed by atoms with Crippen molar-refractivity contribution in [1.29, 1.82) is 0 Å². The van der Waals surface area contributed by atoms with E-state index in [1.54, 1.807) is 30.0 Å². The molecule has 27 heavy (non-hydrogen) atoms. The molecule has 1 aromatic carbocycles. The Morgan fingerprint density at radius 3 is 2.52 bits per heavy atom. The van der Waals surface area contributed by atoms with Crippen LogP contribution in [0.25, 0.3) is 0 Å². The Labute approximate surface area is 161 Å². The van der Waals surface area contributed by atoms with E-state index in [4.69, 9.17) is 0 Å². The molecular formula is C20H28N2O4S. The summed E-state index contributed by atoms with van der Waals surface area (Å²) < 4.78 is 25.8. The number of nitrogens with zero attached hydrogens (tertiary/aromatic N) is 1. The molecule has 2 amide bonds. The fraction of sp³-hybridized carbons (Fsp3) is 0.600. The first-order valence-electron chi connectivity index (χ1n) is 9.48. The number of anilines is 1. The van der Waals surface area contributed by atoms with Gasteiger partial charge in [0, 0.05) is 30.1 Å². The maximum atomic E-state index is 12.9. The molecule has 3 rings (SSSR count).